The third-order valence-corrected chi connectivity index (χ3v) is 6.64. The van der Waals surface area contributed by atoms with Crippen LogP contribution in [0.4, 0.5) is 5.69 Å². The number of carbonyl (C=O) groups is 2. The van der Waals surface area contributed by atoms with Crippen LogP contribution in [0.5, 0.6) is 5.75 Å². The number of nitrogens with one attached hydrogen (secondary N) is 1. The molecule has 0 saturated heterocycles. The molecule has 1 unspecified atom stereocenters. The molecule has 1 aliphatic rings. The fraction of sp³-hybridized carbons (Fsp3) is 0.185. The van der Waals surface area contributed by atoms with Gasteiger partial charge in [0.25, 0.3) is 0 Å². The minimum Gasteiger partial charge on any atom is -0.497 e. The highest BCUT2D eigenvalue weighted by molar-refractivity contribution is 8.03. The lowest BCUT2D eigenvalue weighted by atomic mass is 9.79. The molecule has 4 rings (SSSR count). The van der Waals surface area contributed by atoms with E-state index in [0.717, 1.165) is 0 Å². The lowest BCUT2D eigenvalue weighted by molar-refractivity contribution is -0.118. The number of rotatable bonds is 8. The maximum atomic E-state index is 13.3. The number of benzene rings is 2. The predicted molar refractivity (Wildman–Crippen MR) is 136 cm³/mol. The summed E-state index contributed by atoms with van der Waals surface area (Å²) < 4.78 is 10.8. The molecule has 1 amide bonds. The van der Waals surface area contributed by atoms with Crippen LogP contribution in [-0.4, -0.2) is 30.3 Å². The highest BCUT2D eigenvalue weighted by atomic mass is 32.2. The van der Waals surface area contributed by atoms with E-state index in [2.05, 4.69) is 16.4 Å². The van der Waals surface area contributed by atoms with Gasteiger partial charge in [0, 0.05) is 17.0 Å². The molecule has 0 saturated carbocycles. The van der Waals surface area contributed by atoms with Crippen molar-refractivity contribution in [2.45, 2.75) is 12.8 Å². The Kier molecular flexibility index (Phi) is 7.48. The first-order valence-electron chi connectivity index (χ1n) is 10.9. The molecule has 8 heteroatoms. The molecule has 2 aromatic carbocycles. The van der Waals surface area contributed by atoms with E-state index < -0.39 is 11.8 Å². The molecular formula is C27H23N3O4S. The number of anilines is 1. The first kappa shape index (κ1) is 24.0. The number of ether oxygens (including phenoxy) is 1. The van der Waals surface area contributed by atoms with Crippen LogP contribution in [0, 0.1) is 17.2 Å². The number of allylic oxidation sites excluding steroid dienone is 1. The van der Waals surface area contributed by atoms with E-state index in [1.54, 1.807) is 62.6 Å². The summed E-state index contributed by atoms with van der Waals surface area (Å²) in [5.41, 5.74) is 2.03. The Labute approximate surface area is 207 Å². The van der Waals surface area contributed by atoms with Crippen LogP contribution < -0.4 is 10.1 Å². The number of thioether (sulfide) groups is 1. The number of hydrogen-bond donors (Lipinski definition) is 1. The van der Waals surface area contributed by atoms with Gasteiger partial charge in [-0.25, -0.2) is 4.99 Å². The second-order valence-corrected chi connectivity index (χ2v) is 8.81. The van der Waals surface area contributed by atoms with Crippen molar-refractivity contribution in [2.24, 2.45) is 10.9 Å². The Morgan fingerprint density at radius 3 is 2.49 bits per heavy atom. The number of nitriles is 1. The summed E-state index contributed by atoms with van der Waals surface area (Å²) in [6.45, 7) is 1.76. The van der Waals surface area contributed by atoms with Crippen LogP contribution in [0.3, 0.4) is 0 Å². The van der Waals surface area contributed by atoms with E-state index in [-0.39, 0.29) is 17.4 Å². The van der Waals surface area contributed by atoms with Gasteiger partial charge in [-0.1, -0.05) is 30.0 Å². The summed E-state index contributed by atoms with van der Waals surface area (Å²) in [5, 5.41) is 13.4. The third kappa shape index (κ3) is 5.36. The molecule has 2 atom stereocenters. The zero-order chi connectivity index (χ0) is 24.8. The SMILES string of the molecule is COc1ccc(C(=O)CSC2=C(C#N)[C@H](c3ccco3)C(C(=O)Nc3ccccc3)C(C)=N2)cc1. The molecule has 7 nitrogen and oxygen atoms in total. The number of methoxy groups -OCH3 is 1. The Morgan fingerprint density at radius 1 is 1.11 bits per heavy atom. The summed E-state index contributed by atoms with van der Waals surface area (Å²) in [6.07, 6.45) is 1.51. The fourth-order valence-electron chi connectivity index (χ4n) is 3.91. The van der Waals surface area contributed by atoms with Crippen LogP contribution in [0.2, 0.25) is 0 Å². The van der Waals surface area contributed by atoms with Crippen molar-refractivity contribution in [3.63, 3.8) is 0 Å². The molecule has 0 bridgehead atoms. The summed E-state index contributed by atoms with van der Waals surface area (Å²) in [6, 6.07) is 21.7. The van der Waals surface area contributed by atoms with Gasteiger partial charge in [0.15, 0.2) is 5.78 Å². The second kappa shape index (κ2) is 10.9. The topological polar surface area (TPSA) is 105 Å². The van der Waals surface area contributed by atoms with E-state index in [9.17, 15) is 14.9 Å². The number of nitrogens with zero attached hydrogens (tertiary/aromatic N) is 2. The molecule has 35 heavy (non-hydrogen) atoms. The lowest BCUT2D eigenvalue weighted by Gasteiger charge is -2.29. The highest BCUT2D eigenvalue weighted by Crippen LogP contribution is 2.42. The van der Waals surface area contributed by atoms with Gasteiger partial charge < -0.3 is 14.5 Å². The molecule has 0 aliphatic carbocycles. The molecule has 1 N–H and O–H groups in total. The van der Waals surface area contributed by atoms with Gasteiger partial charge in [0.1, 0.15) is 16.5 Å². The molecule has 0 fully saturated rings. The molecule has 176 valence electrons. The molecule has 1 aliphatic heterocycles. The maximum absolute atomic E-state index is 13.3. The molecule has 0 radical (unpaired) electrons. The van der Waals surface area contributed by atoms with Gasteiger partial charge in [-0.3, -0.25) is 9.59 Å². The number of aliphatic imine (C=N–C) groups is 1. The summed E-state index contributed by atoms with van der Waals surface area (Å²) in [4.78, 5) is 30.7. The van der Waals surface area contributed by atoms with Crippen molar-refractivity contribution in [1.82, 2.24) is 0 Å². The number of para-hydroxylation sites is 1. The number of Topliss-reactive ketones (excluding diaryl/α,β-unsaturated/α-hetero) is 1. The van der Waals surface area contributed by atoms with Crippen molar-refractivity contribution in [1.29, 1.82) is 5.26 Å². The van der Waals surface area contributed by atoms with Gasteiger partial charge in [-0.05, 0) is 55.5 Å². The zero-order valence-corrected chi connectivity index (χ0v) is 20.0. The first-order chi connectivity index (χ1) is 17.0. The van der Waals surface area contributed by atoms with E-state index in [0.29, 0.717) is 39.1 Å². The number of furan rings is 1. The zero-order valence-electron chi connectivity index (χ0n) is 19.2. The van der Waals surface area contributed by atoms with Crippen LogP contribution in [0.25, 0.3) is 0 Å². The average molecular weight is 486 g/mol. The highest BCUT2D eigenvalue weighted by Gasteiger charge is 2.41. The Morgan fingerprint density at radius 2 is 1.86 bits per heavy atom. The number of ketones is 1. The Hall–Kier alpha value is -4.09. The van der Waals surface area contributed by atoms with Crippen molar-refractivity contribution >= 4 is 34.9 Å². The van der Waals surface area contributed by atoms with Crippen molar-refractivity contribution < 1.29 is 18.7 Å². The van der Waals surface area contributed by atoms with Crippen molar-refractivity contribution in [3.8, 4) is 11.8 Å². The molecule has 2 heterocycles. The largest absolute Gasteiger partial charge is 0.497 e. The fourth-order valence-corrected chi connectivity index (χ4v) is 4.88. The van der Waals surface area contributed by atoms with Crippen LogP contribution in [0.1, 0.15) is 29.0 Å². The molecule has 0 spiro atoms. The Balaban J connectivity index is 1.61. The normalized spacial score (nSPS) is 17.3. The summed E-state index contributed by atoms with van der Waals surface area (Å²) in [7, 11) is 1.56. The third-order valence-electron chi connectivity index (χ3n) is 5.65. The van der Waals surface area contributed by atoms with E-state index >= 15 is 0 Å². The minimum atomic E-state index is -0.738. The van der Waals surface area contributed by atoms with Crippen molar-refractivity contribution in [3.05, 3.63) is 94.9 Å². The summed E-state index contributed by atoms with van der Waals surface area (Å²) >= 11 is 1.18. The monoisotopic (exact) mass is 485 g/mol. The van der Waals surface area contributed by atoms with E-state index in [1.807, 2.05) is 18.2 Å². The van der Waals surface area contributed by atoms with Gasteiger partial charge >= 0.3 is 0 Å². The van der Waals surface area contributed by atoms with Crippen LogP contribution in [0.15, 0.2) is 93.0 Å². The van der Waals surface area contributed by atoms with Crippen LogP contribution in [-0.2, 0) is 4.79 Å². The van der Waals surface area contributed by atoms with Crippen molar-refractivity contribution in [2.75, 3.05) is 18.2 Å². The van der Waals surface area contributed by atoms with Gasteiger partial charge in [0.05, 0.1) is 42.6 Å². The van der Waals surface area contributed by atoms with Gasteiger partial charge in [-0.2, -0.15) is 5.26 Å². The molecule has 3 aromatic rings. The minimum absolute atomic E-state index is 0.0926. The van der Waals surface area contributed by atoms with Gasteiger partial charge in [-0.15, -0.1) is 0 Å². The Bertz CT molecular complexity index is 1310. The summed E-state index contributed by atoms with van der Waals surface area (Å²) in [5.74, 6) is -0.540. The lowest BCUT2D eigenvalue weighted by Crippen LogP contribution is -2.36. The molecular weight excluding hydrogens is 462 g/mol. The van der Waals surface area contributed by atoms with E-state index in [4.69, 9.17) is 9.15 Å². The second-order valence-electron chi connectivity index (χ2n) is 7.85. The maximum Gasteiger partial charge on any atom is 0.234 e. The number of hydrogen-bond acceptors (Lipinski definition) is 7. The van der Waals surface area contributed by atoms with E-state index in [1.165, 1.54) is 18.0 Å². The molecule has 1 aromatic heterocycles. The first-order valence-corrected chi connectivity index (χ1v) is 11.9. The smallest absolute Gasteiger partial charge is 0.234 e. The average Bonchev–Trinajstić information content (AvgIpc) is 3.42. The quantitative estimate of drug-likeness (QED) is 0.425. The van der Waals surface area contributed by atoms with Gasteiger partial charge in [0.2, 0.25) is 5.91 Å². The number of carbonyl (C=O) groups excluding carboxylic acids is 2. The predicted octanol–water partition coefficient (Wildman–Crippen LogP) is 5.45. The van der Waals surface area contributed by atoms with Crippen LogP contribution >= 0.6 is 11.8 Å². The standard InChI is InChI=1S/C27H23N3O4S/c1-17-24(26(32)30-19-7-4-3-5-8-19)25(23-9-6-14-34-23)21(15-28)27(29-17)35-16-22(31)18-10-12-20(33-2)13-11-18/h3-14,24-25H,16H2,1-2H3,(H,30,32)/t24?,25-/m1/s1. The number of amides is 1.